The molecule has 0 radical (unpaired) electrons. The summed E-state index contributed by atoms with van der Waals surface area (Å²) in [6.07, 6.45) is 0.569. The first-order chi connectivity index (χ1) is 12.5. The molecule has 1 fully saturated rings. The van der Waals surface area contributed by atoms with Crippen LogP contribution in [0.5, 0.6) is 5.75 Å². The molecule has 0 aliphatic heterocycles. The molecule has 1 aliphatic carbocycles. The summed E-state index contributed by atoms with van der Waals surface area (Å²) in [6.45, 7) is 6.36. The lowest BCUT2D eigenvalue weighted by Crippen LogP contribution is -2.21. The third kappa shape index (κ3) is 4.04. The molecule has 3 rings (SSSR count). The van der Waals surface area contributed by atoms with Crippen LogP contribution in [-0.4, -0.2) is 18.4 Å². The number of ether oxygens (including phenoxy) is 1. The maximum Gasteiger partial charge on any atom is 0.228 e. The Labute approximate surface area is 153 Å². The fourth-order valence-electron chi connectivity index (χ4n) is 2.95. The number of para-hydroxylation sites is 2. The van der Waals surface area contributed by atoms with Crippen LogP contribution in [0, 0.1) is 25.7 Å². The molecule has 1 saturated carbocycles. The number of hydrogen-bond donors (Lipinski definition) is 2. The first kappa shape index (κ1) is 18.0. The summed E-state index contributed by atoms with van der Waals surface area (Å²) >= 11 is 0. The smallest absolute Gasteiger partial charge is 0.228 e. The van der Waals surface area contributed by atoms with Gasteiger partial charge in [0.15, 0.2) is 0 Å². The average Bonchev–Trinajstić information content (AvgIpc) is 3.41. The second kappa shape index (κ2) is 7.60. The van der Waals surface area contributed by atoms with Crippen LogP contribution >= 0.6 is 0 Å². The van der Waals surface area contributed by atoms with Crippen LogP contribution in [0.25, 0.3) is 0 Å². The quantitative estimate of drug-likeness (QED) is 0.828. The van der Waals surface area contributed by atoms with Crippen molar-refractivity contribution < 1.29 is 14.3 Å². The van der Waals surface area contributed by atoms with E-state index >= 15 is 0 Å². The standard InChI is InChI=1S/C21H24N2O3/c1-4-26-19-8-6-5-7-17(19)22-20(24)15-12-16(15)21(25)23-18-11-13(2)9-10-14(18)3/h5-11,15-16H,4,12H2,1-3H3,(H,22,24)(H,23,25). The van der Waals surface area contributed by atoms with Crippen molar-refractivity contribution in [2.75, 3.05) is 17.2 Å². The Morgan fingerprint density at radius 1 is 1.00 bits per heavy atom. The van der Waals surface area contributed by atoms with Crippen molar-refractivity contribution in [2.45, 2.75) is 27.2 Å². The van der Waals surface area contributed by atoms with E-state index in [1.165, 1.54) is 0 Å². The van der Waals surface area contributed by atoms with Crippen molar-refractivity contribution in [3.8, 4) is 5.75 Å². The molecule has 0 spiro atoms. The zero-order valence-corrected chi connectivity index (χ0v) is 15.3. The molecule has 2 aromatic rings. The van der Waals surface area contributed by atoms with E-state index in [1.807, 2.05) is 57.2 Å². The molecule has 2 atom stereocenters. The zero-order valence-electron chi connectivity index (χ0n) is 15.3. The van der Waals surface area contributed by atoms with Crippen molar-refractivity contribution in [3.05, 3.63) is 53.6 Å². The Bertz CT molecular complexity index is 832. The Morgan fingerprint density at radius 2 is 1.65 bits per heavy atom. The largest absolute Gasteiger partial charge is 0.492 e. The Balaban J connectivity index is 1.60. The minimum atomic E-state index is -0.296. The molecule has 2 unspecified atom stereocenters. The first-order valence-electron chi connectivity index (χ1n) is 8.90. The number of amides is 2. The van der Waals surface area contributed by atoms with Gasteiger partial charge in [-0.3, -0.25) is 9.59 Å². The Morgan fingerprint density at radius 3 is 2.35 bits per heavy atom. The summed E-state index contributed by atoms with van der Waals surface area (Å²) in [5, 5.41) is 5.83. The van der Waals surface area contributed by atoms with Gasteiger partial charge in [0.25, 0.3) is 0 Å². The number of nitrogens with one attached hydrogen (secondary N) is 2. The van der Waals surface area contributed by atoms with Gasteiger partial charge >= 0.3 is 0 Å². The lowest BCUT2D eigenvalue weighted by Gasteiger charge is -2.11. The third-order valence-corrected chi connectivity index (χ3v) is 4.56. The number of rotatable bonds is 6. The molecule has 0 bridgehead atoms. The summed E-state index contributed by atoms with van der Waals surface area (Å²) < 4.78 is 5.52. The van der Waals surface area contributed by atoms with Gasteiger partial charge in [0, 0.05) is 5.69 Å². The molecule has 0 heterocycles. The van der Waals surface area contributed by atoms with Gasteiger partial charge in [0.05, 0.1) is 24.1 Å². The normalized spacial score (nSPS) is 18.1. The lowest BCUT2D eigenvalue weighted by atomic mass is 10.1. The second-order valence-corrected chi connectivity index (χ2v) is 6.67. The van der Waals surface area contributed by atoms with Gasteiger partial charge in [0.1, 0.15) is 5.75 Å². The molecule has 1 aliphatic rings. The average molecular weight is 352 g/mol. The summed E-state index contributed by atoms with van der Waals surface area (Å²) in [4.78, 5) is 24.9. The van der Waals surface area contributed by atoms with E-state index in [9.17, 15) is 9.59 Å². The molecule has 26 heavy (non-hydrogen) atoms. The van der Waals surface area contributed by atoms with Gasteiger partial charge in [0.2, 0.25) is 11.8 Å². The van der Waals surface area contributed by atoms with E-state index in [2.05, 4.69) is 10.6 Å². The predicted molar refractivity (Wildman–Crippen MR) is 102 cm³/mol. The van der Waals surface area contributed by atoms with Crippen molar-refractivity contribution >= 4 is 23.2 Å². The van der Waals surface area contributed by atoms with Gasteiger partial charge in [-0.15, -0.1) is 0 Å². The SMILES string of the molecule is CCOc1ccccc1NC(=O)C1CC1C(=O)Nc1cc(C)ccc1C. The summed E-state index contributed by atoms with van der Waals surface area (Å²) in [7, 11) is 0. The Hall–Kier alpha value is -2.82. The molecule has 0 aromatic heterocycles. The van der Waals surface area contributed by atoms with Gasteiger partial charge in [-0.1, -0.05) is 24.3 Å². The van der Waals surface area contributed by atoms with Crippen LogP contribution in [0.3, 0.4) is 0 Å². The molecular formula is C21H24N2O3. The molecule has 0 saturated heterocycles. The van der Waals surface area contributed by atoms with Crippen LogP contribution in [0.2, 0.25) is 0 Å². The van der Waals surface area contributed by atoms with Crippen molar-refractivity contribution in [1.29, 1.82) is 0 Å². The van der Waals surface area contributed by atoms with Crippen LogP contribution in [0.15, 0.2) is 42.5 Å². The van der Waals surface area contributed by atoms with E-state index in [4.69, 9.17) is 4.74 Å². The van der Waals surface area contributed by atoms with E-state index < -0.39 is 0 Å². The zero-order chi connectivity index (χ0) is 18.7. The Kier molecular flexibility index (Phi) is 5.26. The lowest BCUT2D eigenvalue weighted by molar-refractivity contribution is -0.122. The number of carbonyl (C=O) groups excluding carboxylic acids is 2. The molecule has 5 nitrogen and oxygen atoms in total. The predicted octanol–water partition coefficient (Wildman–Crippen LogP) is 3.92. The van der Waals surface area contributed by atoms with Crippen LogP contribution in [0.4, 0.5) is 11.4 Å². The number of hydrogen-bond acceptors (Lipinski definition) is 3. The van der Waals surface area contributed by atoms with E-state index in [0.717, 1.165) is 16.8 Å². The van der Waals surface area contributed by atoms with Crippen LogP contribution in [-0.2, 0) is 9.59 Å². The topological polar surface area (TPSA) is 67.4 Å². The minimum Gasteiger partial charge on any atom is -0.492 e. The van der Waals surface area contributed by atoms with Crippen molar-refractivity contribution in [2.24, 2.45) is 11.8 Å². The third-order valence-electron chi connectivity index (χ3n) is 4.56. The molecule has 2 aromatic carbocycles. The number of benzene rings is 2. The monoisotopic (exact) mass is 352 g/mol. The number of anilines is 2. The molecular weight excluding hydrogens is 328 g/mol. The second-order valence-electron chi connectivity index (χ2n) is 6.67. The molecule has 2 N–H and O–H groups in total. The van der Waals surface area contributed by atoms with Crippen LogP contribution < -0.4 is 15.4 Å². The van der Waals surface area contributed by atoms with Gasteiger partial charge in [-0.25, -0.2) is 0 Å². The summed E-state index contributed by atoms with van der Waals surface area (Å²) in [5.41, 5.74) is 3.54. The highest BCUT2D eigenvalue weighted by Gasteiger charge is 2.48. The van der Waals surface area contributed by atoms with Gasteiger partial charge < -0.3 is 15.4 Å². The van der Waals surface area contributed by atoms with Gasteiger partial charge in [-0.05, 0) is 56.5 Å². The van der Waals surface area contributed by atoms with Crippen molar-refractivity contribution in [1.82, 2.24) is 0 Å². The highest BCUT2D eigenvalue weighted by molar-refractivity contribution is 6.03. The molecule has 5 heteroatoms. The van der Waals surface area contributed by atoms with Gasteiger partial charge in [-0.2, -0.15) is 0 Å². The maximum atomic E-state index is 12.5. The van der Waals surface area contributed by atoms with E-state index in [1.54, 1.807) is 6.07 Å². The molecule has 2 amide bonds. The minimum absolute atomic E-state index is 0.100. The van der Waals surface area contributed by atoms with Crippen molar-refractivity contribution in [3.63, 3.8) is 0 Å². The fourth-order valence-corrected chi connectivity index (χ4v) is 2.95. The summed E-state index contributed by atoms with van der Waals surface area (Å²) in [5.74, 6) is -0.181. The van der Waals surface area contributed by atoms with E-state index in [-0.39, 0.29) is 23.7 Å². The molecule has 136 valence electrons. The highest BCUT2D eigenvalue weighted by Crippen LogP contribution is 2.41. The maximum absolute atomic E-state index is 12.5. The number of carbonyl (C=O) groups is 2. The number of aryl methyl sites for hydroxylation is 2. The van der Waals surface area contributed by atoms with E-state index in [0.29, 0.717) is 24.5 Å². The first-order valence-corrected chi connectivity index (χ1v) is 8.90. The highest BCUT2D eigenvalue weighted by atomic mass is 16.5. The summed E-state index contributed by atoms with van der Waals surface area (Å²) in [6, 6.07) is 13.3. The van der Waals surface area contributed by atoms with Crippen LogP contribution in [0.1, 0.15) is 24.5 Å². The fraction of sp³-hybridized carbons (Fsp3) is 0.333.